The van der Waals surface area contributed by atoms with E-state index in [0.717, 1.165) is 0 Å². The Morgan fingerprint density at radius 3 is 1.00 bits per heavy atom. The molecule has 0 aromatic carbocycles. The lowest BCUT2D eigenvalue weighted by molar-refractivity contribution is -0.00975. The number of hydrogen-bond acceptors (Lipinski definition) is 6. The Hall–Kier alpha value is -1.00. The molecule has 0 unspecified atom stereocenters. The fourth-order valence-corrected chi connectivity index (χ4v) is 1.12. The zero-order valence-electron chi connectivity index (χ0n) is 10.5. The van der Waals surface area contributed by atoms with Crippen molar-refractivity contribution >= 4 is 0 Å². The molecule has 6 nitrogen and oxygen atoms in total. The van der Waals surface area contributed by atoms with Crippen molar-refractivity contribution in [1.29, 1.82) is 0 Å². The van der Waals surface area contributed by atoms with Crippen molar-refractivity contribution in [3.63, 3.8) is 0 Å². The third-order valence-corrected chi connectivity index (χ3v) is 1.96. The van der Waals surface area contributed by atoms with Gasteiger partial charge in [0.15, 0.2) is 12.2 Å². The van der Waals surface area contributed by atoms with Crippen molar-refractivity contribution in [3.05, 3.63) is 0 Å². The Morgan fingerprint density at radius 2 is 0.667 bits per heavy atom. The van der Waals surface area contributed by atoms with E-state index in [4.69, 9.17) is 28.4 Å². The van der Waals surface area contributed by atoms with Gasteiger partial charge in [-0.1, -0.05) is 0 Å². The Bertz CT molecular complexity index is 212. The van der Waals surface area contributed by atoms with Crippen molar-refractivity contribution in [2.24, 2.45) is 0 Å². The van der Waals surface area contributed by atoms with Gasteiger partial charge in [-0.15, -0.1) is 0 Å². The zero-order chi connectivity index (χ0) is 12.7. The molecule has 1 rings (SSSR count). The third-order valence-electron chi connectivity index (χ3n) is 1.96. The first kappa shape index (κ1) is 15.1. The second-order valence-corrected chi connectivity index (χ2v) is 3.35. The van der Waals surface area contributed by atoms with Crippen LogP contribution in [0.1, 0.15) is 0 Å². The predicted octanol–water partition coefficient (Wildman–Crippen LogP) is 0.0180. The van der Waals surface area contributed by atoms with Crippen LogP contribution in [0.3, 0.4) is 0 Å². The number of rotatable bonds is 0. The van der Waals surface area contributed by atoms with Crippen molar-refractivity contribution < 1.29 is 28.4 Å². The maximum absolute atomic E-state index is 5.30. The van der Waals surface area contributed by atoms with E-state index in [9.17, 15) is 0 Å². The summed E-state index contributed by atoms with van der Waals surface area (Å²) in [5, 5.41) is 0. The first-order valence-corrected chi connectivity index (χ1v) is 6.04. The molecule has 0 atom stereocenters. The summed E-state index contributed by atoms with van der Waals surface area (Å²) >= 11 is 0. The SMILES string of the molecule is C1#COCCOCCOCCOCCOCCO1. The van der Waals surface area contributed by atoms with Crippen molar-refractivity contribution in [2.75, 3.05) is 66.1 Å². The maximum atomic E-state index is 5.30. The maximum Gasteiger partial charge on any atom is 0.155 e. The molecule has 1 heterocycles. The average molecular weight is 260 g/mol. The first-order valence-electron chi connectivity index (χ1n) is 6.04. The monoisotopic (exact) mass is 260 g/mol. The summed E-state index contributed by atoms with van der Waals surface area (Å²) in [6.07, 6.45) is 4.85. The molecule has 1 aliphatic heterocycles. The van der Waals surface area contributed by atoms with Gasteiger partial charge < -0.3 is 28.4 Å². The van der Waals surface area contributed by atoms with Gasteiger partial charge in [-0.05, 0) is 0 Å². The van der Waals surface area contributed by atoms with Gasteiger partial charge >= 0.3 is 0 Å². The molecular formula is C12H20O6. The Kier molecular flexibility index (Phi) is 10.4. The fourth-order valence-electron chi connectivity index (χ4n) is 1.12. The summed E-state index contributed by atoms with van der Waals surface area (Å²) < 4.78 is 31.1. The average Bonchev–Trinajstić information content (AvgIpc) is 2.39. The smallest absolute Gasteiger partial charge is 0.155 e. The molecule has 0 saturated carbocycles. The van der Waals surface area contributed by atoms with Gasteiger partial charge in [-0.2, -0.15) is 0 Å². The highest BCUT2D eigenvalue weighted by Crippen LogP contribution is 1.84. The van der Waals surface area contributed by atoms with Crippen LogP contribution in [0.4, 0.5) is 0 Å². The van der Waals surface area contributed by atoms with E-state index in [0.29, 0.717) is 66.1 Å². The topological polar surface area (TPSA) is 55.4 Å². The van der Waals surface area contributed by atoms with E-state index in [1.165, 1.54) is 0 Å². The van der Waals surface area contributed by atoms with Crippen LogP contribution in [0.5, 0.6) is 0 Å². The lowest BCUT2D eigenvalue weighted by Crippen LogP contribution is -2.13. The van der Waals surface area contributed by atoms with Gasteiger partial charge in [-0.3, -0.25) is 0 Å². The summed E-state index contributed by atoms with van der Waals surface area (Å²) in [6, 6.07) is 0. The van der Waals surface area contributed by atoms with Gasteiger partial charge in [0, 0.05) is 0 Å². The second kappa shape index (κ2) is 12.5. The van der Waals surface area contributed by atoms with Gasteiger partial charge in [0.05, 0.1) is 52.9 Å². The van der Waals surface area contributed by atoms with Crippen molar-refractivity contribution in [1.82, 2.24) is 0 Å². The molecule has 0 spiro atoms. The summed E-state index contributed by atoms with van der Waals surface area (Å²) in [5.74, 6) is 0. The highest BCUT2D eigenvalue weighted by molar-refractivity contribution is 4.80. The number of hydrogen-bond donors (Lipinski definition) is 0. The molecule has 18 heavy (non-hydrogen) atoms. The molecule has 1 aliphatic rings. The van der Waals surface area contributed by atoms with Crippen LogP contribution in [0.2, 0.25) is 0 Å². The lowest BCUT2D eigenvalue weighted by Gasteiger charge is -2.07. The second-order valence-electron chi connectivity index (χ2n) is 3.35. The summed E-state index contributed by atoms with van der Waals surface area (Å²) in [4.78, 5) is 0. The third kappa shape index (κ3) is 10.2. The van der Waals surface area contributed by atoms with Gasteiger partial charge in [0.25, 0.3) is 0 Å². The van der Waals surface area contributed by atoms with Gasteiger partial charge in [0.2, 0.25) is 0 Å². The van der Waals surface area contributed by atoms with E-state index in [2.05, 4.69) is 12.2 Å². The predicted molar refractivity (Wildman–Crippen MR) is 63.0 cm³/mol. The zero-order valence-corrected chi connectivity index (χ0v) is 10.5. The first-order chi connectivity index (χ1) is 9.00. The summed E-state index contributed by atoms with van der Waals surface area (Å²) in [5.41, 5.74) is 0. The Morgan fingerprint density at radius 1 is 0.389 bits per heavy atom. The molecule has 0 radical (unpaired) electrons. The quantitative estimate of drug-likeness (QED) is 0.572. The van der Waals surface area contributed by atoms with Crippen LogP contribution >= 0.6 is 0 Å². The van der Waals surface area contributed by atoms with E-state index in [-0.39, 0.29) is 0 Å². The molecule has 0 N–H and O–H groups in total. The standard InChI is InChI=1S/C12H20O6/c1-2-14-5-6-16-9-10-18-12-11-17-8-7-15-4-3-13-1/h1-10H2. The molecule has 0 aromatic rings. The normalized spacial score (nSPS) is 21.3. The van der Waals surface area contributed by atoms with E-state index >= 15 is 0 Å². The number of ether oxygens (including phenoxy) is 6. The Labute approximate surface area is 107 Å². The minimum Gasteiger partial charge on any atom is -0.442 e. The van der Waals surface area contributed by atoms with Crippen LogP contribution in [0.15, 0.2) is 0 Å². The fraction of sp³-hybridized carbons (Fsp3) is 0.833. The minimum absolute atomic E-state index is 0.413. The molecule has 0 saturated heterocycles. The van der Waals surface area contributed by atoms with E-state index in [1.807, 2.05) is 0 Å². The molecule has 104 valence electrons. The Balaban J connectivity index is 2.09. The van der Waals surface area contributed by atoms with E-state index < -0.39 is 0 Å². The molecule has 0 bridgehead atoms. The molecule has 0 aliphatic carbocycles. The summed E-state index contributed by atoms with van der Waals surface area (Å²) in [6.45, 7) is 5.10. The van der Waals surface area contributed by atoms with Crippen LogP contribution < -0.4 is 0 Å². The van der Waals surface area contributed by atoms with Crippen molar-refractivity contribution in [3.8, 4) is 12.2 Å². The largest absolute Gasteiger partial charge is 0.442 e. The molecule has 0 fully saturated rings. The minimum atomic E-state index is 0.413. The molecule has 0 aromatic heterocycles. The van der Waals surface area contributed by atoms with Gasteiger partial charge in [0.1, 0.15) is 13.2 Å². The molecule has 6 heteroatoms. The molecular weight excluding hydrogens is 240 g/mol. The molecule has 0 amide bonds. The van der Waals surface area contributed by atoms with Gasteiger partial charge in [-0.25, -0.2) is 0 Å². The lowest BCUT2D eigenvalue weighted by atomic mass is 10.7. The van der Waals surface area contributed by atoms with Crippen molar-refractivity contribution in [2.45, 2.75) is 0 Å². The summed E-state index contributed by atoms with van der Waals surface area (Å²) in [7, 11) is 0. The van der Waals surface area contributed by atoms with E-state index in [1.54, 1.807) is 0 Å². The van der Waals surface area contributed by atoms with Crippen LogP contribution in [0.25, 0.3) is 0 Å². The van der Waals surface area contributed by atoms with Crippen LogP contribution in [-0.4, -0.2) is 66.1 Å². The van der Waals surface area contributed by atoms with Crippen LogP contribution in [0, 0.1) is 12.2 Å². The highest BCUT2D eigenvalue weighted by atomic mass is 16.6. The highest BCUT2D eigenvalue weighted by Gasteiger charge is 1.93. The van der Waals surface area contributed by atoms with Crippen LogP contribution in [-0.2, 0) is 28.4 Å².